The molecule has 140 valence electrons. The van der Waals surface area contributed by atoms with E-state index in [4.69, 9.17) is 9.68 Å². The fourth-order valence-corrected chi connectivity index (χ4v) is 2.40. The molecular weight excluding hydrogens is 371 g/mol. The quantitative estimate of drug-likeness (QED) is 0.712. The van der Waals surface area contributed by atoms with Crippen LogP contribution in [0.25, 0.3) is 17.4 Å². The predicted molar refractivity (Wildman–Crippen MR) is 94.6 cm³/mol. The van der Waals surface area contributed by atoms with E-state index in [1.165, 1.54) is 36.7 Å². The summed E-state index contributed by atoms with van der Waals surface area (Å²) in [6, 6.07) is 12.8. The molecule has 2 aromatic heterocycles. The van der Waals surface area contributed by atoms with Gasteiger partial charge >= 0.3 is 6.18 Å². The zero-order chi connectivity index (χ0) is 20.1. The highest BCUT2D eigenvalue weighted by molar-refractivity contribution is 5.93. The molecule has 0 aliphatic rings. The third-order valence-corrected chi connectivity index (χ3v) is 3.72. The Bertz CT molecular complexity index is 1060. The number of nitrogens with one attached hydrogen (secondary N) is 1. The molecule has 0 unspecified atom stereocenters. The van der Waals surface area contributed by atoms with Gasteiger partial charge in [0.05, 0.1) is 17.2 Å². The van der Waals surface area contributed by atoms with Crippen molar-refractivity contribution in [2.24, 2.45) is 0 Å². The van der Waals surface area contributed by atoms with E-state index in [1.807, 2.05) is 0 Å². The van der Waals surface area contributed by atoms with Crippen LogP contribution in [-0.2, 0) is 6.18 Å². The molecule has 0 saturated heterocycles. The lowest BCUT2D eigenvalue weighted by molar-refractivity contribution is -0.137. The summed E-state index contributed by atoms with van der Waals surface area (Å²) in [6.45, 7) is 0. The maximum atomic E-state index is 13.1. The number of pyridine rings is 1. The van der Waals surface area contributed by atoms with Crippen LogP contribution in [0.3, 0.4) is 0 Å². The molecule has 0 aliphatic carbocycles. The molecule has 0 aliphatic heterocycles. The average molecular weight is 383 g/mol. The largest absolute Gasteiger partial charge is 0.457 e. The number of hydrogen-bond donors (Lipinski definition) is 1. The van der Waals surface area contributed by atoms with Crippen molar-refractivity contribution < 1.29 is 22.4 Å². The second-order valence-electron chi connectivity index (χ2n) is 5.59. The first-order valence-corrected chi connectivity index (χ1v) is 7.98. The summed E-state index contributed by atoms with van der Waals surface area (Å²) in [5.74, 6) is 0.116. The number of halogens is 3. The first kappa shape index (κ1) is 18.9. The first-order valence-electron chi connectivity index (χ1n) is 7.98. The molecule has 8 heteroatoms. The number of carbonyl (C=O) groups excluding carboxylic acids is 1. The Labute approximate surface area is 157 Å². The third kappa shape index (κ3) is 4.27. The van der Waals surface area contributed by atoms with Crippen molar-refractivity contribution in [2.45, 2.75) is 6.18 Å². The highest BCUT2D eigenvalue weighted by Gasteiger charge is 2.34. The summed E-state index contributed by atoms with van der Waals surface area (Å²) < 4.78 is 44.7. The van der Waals surface area contributed by atoms with Crippen molar-refractivity contribution in [2.75, 3.05) is 0 Å². The van der Waals surface area contributed by atoms with Gasteiger partial charge in [-0.05, 0) is 48.5 Å². The average Bonchev–Trinajstić information content (AvgIpc) is 3.16. The van der Waals surface area contributed by atoms with E-state index in [1.54, 1.807) is 24.3 Å². The maximum absolute atomic E-state index is 13.1. The van der Waals surface area contributed by atoms with E-state index in [0.29, 0.717) is 5.76 Å². The molecule has 5 nitrogen and oxygen atoms in total. The van der Waals surface area contributed by atoms with Crippen molar-refractivity contribution in [3.8, 4) is 17.4 Å². The van der Waals surface area contributed by atoms with E-state index in [0.717, 1.165) is 12.1 Å². The highest BCUT2D eigenvalue weighted by atomic mass is 19.4. The molecule has 0 radical (unpaired) electrons. The standard InChI is InChI=1S/C20H12F3N3O2/c21-20(22,23)16-11-13(4-5-14(16)12-24)18-7-6-15(28-18)8-10-26-19(27)17-3-1-2-9-25-17/h1-11H,(H,26,27)/b10-8+. The van der Waals surface area contributed by atoms with Gasteiger partial charge in [-0.2, -0.15) is 18.4 Å². The predicted octanol–water partition coefficient (Wildman–Crippen LogP) is 4.63. The highest BCUT2D eigenvalue weighted by Crippen LogP contribution is 2.35. The monoisotopic (exact) mass is 383 g/mol. The third-order valence-electron chi connectivity index (χ3n) is 3.72. The Morgan fingerprint density at radius 2 is 2.00 bits per heavy atom. The van der Waals surface area contributed by atoms with Crippen molar-refractivity contribution >= 4 is 12.0 Å². The topological polar surface area (TPSA) is 78.9 Å². The molecule has 0 saturated carbocycles. The van der Waals surface area contributed by atoms with Gasteiger partial charge < -0.3 is 9.73 Å². The van der Waals surface area contributed by atoms with Gasteiger partial charge in [0.1, 0.15) is 17.2 Å². The summed E-state index contributed by atoms with van der Waals surface area (Å²) in [4.78, 5) is 15.8. The zero-order valence-electron chi connectivity index (χ0n) is 14.2. The number of amides is 1. The van der Waals surface area contributed by atoms with Crippen LogP contribution in [0.2, 0.25) is 0 Å². The number of rotatable bonds is 4. The first-order chi connectivity index (χ1) is 13.4. The Morgan fingerprint density at radius 1 is 1.18 bits per heavy atom. The van der Waals surface area contributed by atoms with E-state index in [-0.39, 0.29) is 17.0 Å². The lowest BCUT2D eigenvalue weighted by Gasteiger charge is -2.09. The van der Waals surface area contributed by atoms with E-state index in [2.05, 4.69) is 10.3 Å². The number of alkyl halides is 3. The van der Waals surface area contributed by atoms with Crippen LogP contribution in [0.15, 0.2) is 65.3 Å². The number of aromatic nitrogens is 1. The molecule has 0 spiro atoms. The van der Waals surface area contributed by atoms with Gasteiger partial charge in [0.25, 0.3) is 5.91 Å². The molecule has 1 amide bonds. The maximum Gasteiger partial charge on any atom is 0.417 e. The summed E-state index contributed by atoms with van der Waals surface area (Å²) in [5, 5.41) is 11.4. The van der Waals surface area contributed by atoms with Crippen LogP contribution in [0, 0.1) is 11.3 Å². The van der Waals surface area contributed by atoms with Gasteiger partial charge in [0, 0.05) is 18.0 Å². The van der Waals surface area contributed by atoms with E-state index in [9.17, 15) is 18.0 Å². The molecule has 0 bridgehead atoms. The molecule has 0 fully saturated rings. The van der Waals surface area contributed by atoms with Gasteiger partial charge in [0.15, 0.2) is 0 Å². The normalized spacial score (nSPS) is 11.4. The van der Waals surface area contributed by atoms with E-state index < -0.39 is 23.2 Å². The lowest BCUT2D eigenvalue weighted by atomic mass is 10.0. The number of nitriles is 1. The van der Waals surface area contributed by atoms with Gasteiger partial charge in [-0.25, -0.2) is 0 Å². The molecule has 1 N–H and O–H groups in total. The van der Waals surface area contributed by atoms with Crippen molar-refractivity contribution in [1.29, 1.82) is 5.26 Å². The fourth-order valence-electron chi connectivity index (χ4n) is 2.40. The van der Waals surface area contributed by atoms with Gasteiger partial charge in [-0.3, -0.25) is 9.78 Å². The molecule has 3 rings (SSSR count). The second kappa shape index (κ2) is 7.80. The second-order valence-corrected chi connectivity index (χ2v) is 5.59. The molecule has 3 aromatic rings. The fraction of sp³-hybridized carbons (Fsp3) is 0.0500. The van der Waals surface area contributed by atoms with Crippen LogP contribution >= 0.6 is 0 Å². The van der Waals surface area contributed by atoms with Crippen LogP contribution in [0.5, 0.6) is 0 Å². The Balaban J connectivity index is 1.76. The Kier molecular flexibility index (Phi) is 5.27. The van der Waals surface area contributed by atoms with Crippen LogP contribution in [-0.4, -0.2) is 10.9 Å². The van der Waals surface area contributed by atoms with Gasteiger partial charge in [-0.1, -0.05) is 6.07 Å². The minimum absolute atomic E-state index is 0.184. The summed E-state index contributed by atoms with van der Waals surface area (Å²) in [5.41, 5.74) is -1.06. The van der Waals surface area contributed by atoms with Crippen molar-refractivity contribution in [3.05, 3.63) is 83.5 Å². The Morgan fingerprint density at radius 3 is 2.68 bits per heavy atom. The number of benzene rings is 1. The molecule has 28 heavy (non-hydrogen) atoms. The number of hydrogen-bond acceptors (Lipinski definition) is 4. The molecular formula is C20H12F3N3O2. The smallest absolute Gasteiger partial charge is 0.417 e. The van der Waals surface area contributed by atoms with Gasteiger partial charge in [0.2, 0.25) is 0 Å². The SMILES string of the molecule is N#Cc1ccc(-c2ccc(/C=C/NC(=O)c3ccccn3)o2)cc1C(F)(F)F. The molecule has 0 atom stereocenters. The summed E-state index contributed by atoms with van der Waals surface area (Å²) in [6.07, 6.45) is -0.353. The van der Waals surface area contributed by atoms with Gasteiger partial charge in [-0.15, -0.1) is 0 Å². The molecule has 1 aromatic carbocycles. The summed E-state index contributed by atoms with van der Waals surface area (Å²) >= 11 is 0. The summed E-state index contributed by atoms with van der Waals surface area (Å²) in [7, 11) is 0. The van der Waals surface area contributed by atoms with Crippen LogP contribution < -0.4 is 5.32 Å². The van der Waals surface area contributed by atoms with Crippen LogP contribution in [0.4, 0.5) is 13.2 Å². The van der Waals surface area contributed by atoms with E-state index >= 15 is 0 Å². The minimum atomic E-state index is -4.65. The Hall–Kier alpha value is -3.86. The zero-order valence-corrected chi connectivity index (χ0v) is 14.2. The van der Waals surface area contributed by atoms with Crippen molar-refractivity contribution in [3.63, 3.8) is 0 Å². The minimum Gasteiger partial charge on any atom is -0.457 e. The van der Waals surface area contributed by atoms with Crippen molar-refractivity contribution in [1.82, 2.24) is 10.3 Å². The molecule has 2 heterocycles. The number of nitrogens with zero attached hydrogens (tertiary/aromatic N) is 2. The number of carbonyl (C=O) groups is 1. The van der Waals surface area contributed by atoms with Crippen LogP contribution in [0.1, 0.15) is 27.4 Å². The number of furan rings is 1. The lowest BCUT2D eigenvalue weighted by Crippen LogP contribution is -2.17.